The standard InChI is InChI=1S/C16H20N2O3/c19-15-14(18-9-3-5-12(10-18)16(20)21)8-7-11-4-1-2-6-13(11)17-15/h1-2,4,6,12,14H,3,5,7-10H2,(H,17,19)(H,20,21)/t12-,14-/m1/s1. The maximum Gasteiger partial charge on any atom is 0.307 e. The van der Waals surface area contributed by atoms with Gasteiger partial charge in [-0.15, -0.1) is 0 Å². The van der Waals surface area contributed by atoms with Gasteiger partial charge in [0.15, 0.2) is 0 Å². The average molecular weight is 288 g/mol. The molecule has 2 aliphatic rings. The van der Waals surface area contributed by atoms with Crippen molar-refractivity contribution in [2.45, 2.75) is 31.7 Å². The Kier molecular flexibility index (Phi) is 3.92. The highest BCUT2D eigenvalue weighted by molar-refractivity contribution is 5.96. The first-order valence-corrected chi connectivity index (χ1v) is 7.51. The van der Waals surface area contributed by atoms with Crippen LogP contribution in [0.1, 0.15) is 24.8 Å². The molecule has 0 saturated carbocycles. The minimum absolute atomic E-state index is 0.00834. The number of hydrogen-bond acceptors (Lipinski definition) is 3. The Morgan fingerprint density at radius 1 is 1.29 bits per heavy atom. The largest absolute Gasteiger partial charge is 0.481 e. The third kappa shape index (κ3) is 2.93. The summed E-state index contributed by atoms with van der Waals surface area (Å²) in [5, 5.41) is 12.2. The van der Waals surface area contributed by atoms with Gasteiger partial charge in [0.2, 0.25) is 5.91 Å². The predicted molar refractivity (Wildman–Crippen MR) is 79.1 cm³/mol. The van der Waals surface area contributed by atoms with Gasteiger partial charge < -0.3 is 10.4 Å². The van der Waals surface area contributed by atoms with E-state index >= 15 is 0 Å². The number of aryl methyl sites for hydroxylation is 1. The van der Waals surface area contributed by atoms with Crippen LogP contribution in [0.15, 0.2) is 24.3 Å². The number of carboxylic acids is 1. The van der Waals surface area contributed by atoms with Gasteiger partial charge in [-0.3, -0.25) is 14.5 Å². The lowest BCUT2D eigenvalue weighted by molar-refractivity contribution is -0.144. The molecule has 5 nitrogen and oxygen atoms in total. The molecule has 1 saturated heterocycles. The first-order valence-electron chi connectivity index (χ1n) is 7.51. The second kappa shape index (κ2) is 5.85. The minimum atomic E-state index is -0.753. The van der Waals surface area contributed by atoms with Gasteiger partial charge in [0.25, 0.3) is 0 Å². The second-order valence-corrected chi connectivity index (χ2v) is 5.87. The maximum absolute atomic E-state index is 12.5. The molecule has 112 valence electrons. The Morgan fingerprint density at radius 3 is 2.90 bits per heavy atom. The third-order valence-electron chi connectivity index (χ3n) is 4.51. The van der Waals surface area contributed by atoms with Crippen LogP contribution in [0.4, 0.5) is 5.69 Å². The van der Waals surface area contributed by atoms with Crippen LogP contribution in [-0.4, -0.2) is 41.0 Å². The van der Waals surface area contributed by atoms with E-state index in [1.165, 1.54) is 0 Å². The number of nitrogens with one attached hydrogen (secondary N) is 1. The maximum atomic E-state index is 12.5. The zero-order valence-corrected chi connectivity index (χ0v) is 11.9. The fourth-order valence-electron chi connectivity index (χ4n) is 3.34. The van der Waals surface area contributed by atoms with Crippen LogP contribution < -0.4 is 5.32 Å². The zero-order chi connectivity index (χ0) is 14.8. The number of carboxylic acid groups (broad SMARTS) is 1. The van der Waals surface area contributed by atoms with Crippen LogP contribution in [0.25, 0.3) is 0 Å². The van der Waals surface area contributed by atoms with Gasteiger partial charge in [-0.05, 0) is 43.9 Å². The summed E-state index contributed by atoms with van der Waals surface area (Å²) >= 11 is 0. The molecule has 5 heteroatoms. The first kappa shape index (κ1) is 14.1. The van der Waals surface area contributed by atoms with Crippen LogP contribution >= 0.6 is 0 Å². The van der Waals surface area contributed by atoms with Gasteiger partial charge in [0, 0.05) is 12.2 Å². The molecule has 0 aliphatic carbocycles. The quantitative estimate of drug-likeness (QED) is 0.869. The fraction of sp³-hybridized carbons (Fsp3) is 0.500. The van der Waals surface area contributed by atoms with E-state index in [0.717, 1.165) is 37.1 Å². The number of anilines is 1. The molecular formula is C16H20N2O3. The van der Waals surface area contributed by atoms with E-state index in [4.69, 9.17) is 0 Å². The van der Waals surface area contributed by atoms with Crippen molar-refractivity contribution in [1.29, 1.82) is 0 Å². The Hall–Kier alpha value is -1.88. The van der Waals surface area contributed by atoms with Gasteiger partial charge in [0.1, 0.15) is 0 Å². The van der Waals surface area contributed by atoms with Crippen molar-refractivity contribution in [3.63, 3.8) is 0 Å². The molecule has 2 aliphatic heterocycles. The van der Waals surface area contributed by atoms with Crippen LogP contribution in [0.5, 0.6) is 0 Å². The molecular weight excluding hydrogens is 268 g/mol. The number of carbonyl (C=O) groups is 2. The monoisotopic (exact) mass is 288 g/mol. The lowest BCUT2D eigenvalue weighted by Crippen LogP contribution is -2.49. The van der Waals surface area contributed by atoms with Gasteiger partial charge in [0.05, 0.1) is 12.0 Å². The highest BCUT2D eigenvalue weighted by Crippen LogP contribution is 2.26. The molecule has 2 N–H and O–H groups in total. The smallest absolute Gasteiger partial charge is 0.307 e. The molecule has 1 aromatic carbocycles. The number of rotatable bonds is 2. The SMILES string of the molecule is O=C(O)[C@@H]1CCCN([C@@H]2CCc3ccccc3NC2=O)C1. The highest BCUT2D eigenvalue weighted by atomic mass is 16.4. The van der Waals surface area contributed by atoms with Crippen LogP contribution in [0.2, 0.25) is 0 Å². The van der Waals surface area contributed by atoms with Crippen LogP contribution in [-0.2, 0) is 16.0 Å². The molecule has 1 aromatic rings. The summed E-state index contributed by atoms with van der Waals surface area (Å²) < 4.78 is 0. The number of amides is 1. The van der Waals surface area contributed by atoms with E-state index in [9.17, 15) is 14.7 Å². The lowest BCUT2D eigenvalue weighted by atomic mass is 9.95. The fourth-order valence-corrected chi connectivity index (χ4v) is 3.34. The summed E-state index contributed by atoms with van der Waals surface area (Å²) in [5.74, 6) is -1.11. The van der Waals surface area contributed by atoms with E-state index in [0.29, 0.717) is 13.0 Å². The number of aliphatic carboxylic acids is 1. The molecule has 0 bridgehead atoms. The normalized spacial score (nSPS) is 26.6. The van der Waals surface area contributed by atoms with Gasteiger partial charge in [-0.1, -0.05) is 18.2 Å². The van der Waals surface area contributed by atoms with Crippen molar-refractivity contribution in [3.05, 3.63) is 29.8 Å². The van der Waals surface area contributed by atoms with E-state index in [1.54, 1.807) is 0 Å². The Bertz CT molecular complexity index is 558. The molecule has 2 heterocycles. The van der Waals surface area contributed by atoms with Crippen molar-refractivity contribution >= 4 is 17.6 Å². The Balaban J connectivity index is 1.75. The van der Waals surface area contributed by atoms with Crippen molar-refractivity contribution in [2.24, 2.45) is 5.92 Å². The van der Waals surface area contributed by atoms with Gasteiger partial charge in [-0.2, -0.15) is 0 Å². The second-order valence-electron chi connectivity index (χ2n) is 5.87. The molecule has 0 radical (unpaired) electrons. The zero-order valence-electron chi connectivity index (χ0n) is 11.9. The molecule has 1 amide bonds. The van der Waals surface area contributed by atoms with Crippen LogP contribution in [0, 0.1) is 5.92 Å². The first-order chi connectivity index (χ1) is 10.1. The Labute approximate surface area is 123 Å². The molecule has 0 spiro atoms. The van der Waals surface area contributed by atoms with E-state index < -0.39 is 5.97 Å². The summed E-state index contributed by atoms with van der Waals surface area (Å²) in [6.45, 7) is 1.28. The summed E-state index contributed by atoms with van der Waals surface area (Å²) in [7, 11) is 0. The van der Waals surface area contributed by atoms with Crippen molar-refractivity contribution in [3.8, 4) is 0 Å². The van der Waals surface area contributed by atoms with E-state index in [2.05, 4.69) is 5.32 Å². The number of fused-ring (bicyclic) bond motifs is 1. The lowest BCUT2D eigenvalue weighted by Gasteiger charge is -2.35. The van der Waals surface area contributed by atoms with Crippen LogP contribution in [0.3, 0.4) is 0 Å². The topological polar surface area (TPSA) is 69.6 Å². The molecule has 21 heavy (non-hydrogen) atoms. The van der Waals surface area contributed by atoms with E-state index in [-0.39, 0.29) is 17.9 Å². The molecule has 0 unspecified atom stereocenters. The van der Waals surface area contributed by atoms with Gasteiger partial charge >= 0.3 is 5.97 Å². The Morgan fingerprint density at radius 2 is 2.10 bits per heavy atom. The third-order valence-corrected chi connectivity index (χ3v) is 4.51. The number of carbonyl (C=O) groups excluding carboxylic acids is 1. The molecule has 1 fully saturated rings. The summed E-state index contributed by atoms with van der Waals surface area (Å²) in [6, 6.07) is 7.63. The summed E-state index contributed by atoms with van der Waals surface area (Å²) in [6.07, 6.45) is 3.14. The summed E-state index contributed by atoms with van der Waals surface area (Å²) in [5.41, 5.74) is 2.04. The average Bonchev–Trinajstić information content (AvgIpc) is 2.65. The number of benzene rings is 1. The van der Waals surface area contributed by atoms with Crippen molar-refractivity contribution in [1.82, 2.24) is 4.90 Å². The highest BCUT2D eigenvalue weighted by Gasteiger charge is 2.34. The number of nitrogens with zero attached hydrogens (tertiary/aromatic N) is 1. The molecule has 2 atom stereocenters. The van der Waals surface area contributed by atoms with E-state index in [1.807, 2.05) is 29.2 Å². The number of hydrogen-bond donors (Lipinski definition) is 2. The number of piperidine rings is 1. The predicted octanol–water partition coefficient (Wildman–Crippen LogP) is 1.74. The minimum Gasteiger partial charge on any atom is -0.481 e. The number of likely N-dealkylation sites (tertiary alicyclic amines) is 1. The molecule has 0 aromatic heterocycles. The summed E-state index contributed by atoms with van der Waals surface area (Å²) in [4.78, 5) is 25.7. The molecule has 3 rings (SSSR count). The van der Waals surface area contributed by atoms with Crippen molar-refractivity contribution < 1.29 is 14.7 Å². The van der Waals surface area contributed by atoms with Crippen molar-refractivity contribution in [2.75, 3.05) is 18.4 Å². The number of para-hydroxylation sites is 1. The van der Waals surface area contributed by atoms with Gasteiger partial charge in [-0.25, -0.2) is 0 Å².